The number of hydrogen-bond donors (Lipinski definition) is 0. The van der Waals surface area contributed by atoms with Crippen molar-refractivity contribution in [2.75, 3.05) is 14.2 Å². The first-order chi connectivity index (χ1) is 15.2. The van der Waals surface area contributed by atoms with E-state index in [0.717, 1.165) is 28.0 Å². The van der Waals surface area contributed by atoms with Gasteiger partial charge < -0.3 is 9.47 Å². The Morgan fingerprint density at radius 1 is 0.719 bits per heavy atom. The molecule has 0 atom stereocenters. The first kappa shape index (κ1) is 21.9. The maximum Gasteiger partial charge on any atom is 0.213 e. The number of aryl methyl sites for hydroxylation is 1. The van der Waals surface area contributed by atoms with Crippen molar-refractivity contribution >= 4 is 10.8 Å². The van der Waals surface area contributed by atoms with Crippen LogP contribution in [-0.2, 0) is 12.5 Å². The van der Waals surface area contributed by atoms with E-state index in [9.17, 15) is 0 Å². The van der Waals surface area contributed by atoms with E-state index in [1.165, 1.54) is 27.9 Å². The van der Waals surface area contributed by atoms with Crippen molar-refractivity contribution < 1.29 is 14.0 Å². The van der Waals surface area contributed by atoms with E-state index in [0.29, 0.717) is 0 Å². The highest BCUT2D eigenvalue weighted by molar-refractivity contribution is 5.89. The molecular weight excluding hydrogens is 394 g/mol. The normalized spacial score (nSPS) is 11.6. The summed E-state index contributed by atoms with van der Waals surface area (Å²) in [6.45, 7) is 8.88. The second kappa shape index (κ2) is 8.31. The molecule has 1 aromatic heterocycles. The Morgan fingerprint density at radius 2 is 1.34 bits per heavy atom. The summed E-state index contributed by atoms with van der Waals surface area (Å²) < 4.78 is 13.3. The summed E-state index contributed by atoms with van der Waals surface area (Å²) in [5.41, 5.74) is 7.47. The lowest BCUT2D eigenvalue weighted by atomic mass is 9.86. The van der Waals surface area contributed by atoms with E-state index in [1.807, 2.05) is 0 Å². The van der Waals surface area contributed by atoms with Crippen LogP contribution in [0.1, 0.15) is 32.0 Å². The predicted molar refractivity (Wildman–Crippen MR) is 133 cm³/mol. The Kier molecular flexibility index (Phi) is 5.68. The predicted octanol–water partition coefficient (Wildman–Crippen LogP) is 6.62. The highest BCUT2D eigenvalue weighted by Crippen LogP contribution is 2.35. The van der Waals surface area contributed by atoms with Crippen molar-refractivity contribution in [1.82, 2.24) is 0 Å². The van der Waals surface area contributed by atoms with Gasteiger partial charge in [-0.25, -0.2) is 0 Å². The highest BCUT2D eigenvalue weighted by atomic mass is 16.5. The molecule has 0 saturated carbocycles. The lowest BCUT2D eigenvalue weighted by Crippen LogP contribution is -2.34. The Labute approximate surface area is 191 Å². The Balaban J connectivity index is 1.82. The van der Waals surface area contributed by atoms with E-state index in [2.05, 4.69) is 106 Å². The van der Waals surface area contributed by atoms with E-state index >= 15 is 0 Å². The minimum Gasteiger partial charge on any atom is -0.493 e. The van der Waals surface area contributed by atoms with E-state index in [1.54, 1.807) is 14.2 Å². The van der Waals surface area contributed by atoms with Crippen LogP contribution in [0.15, 0.2) is 66.7 Å². The zero-order valence-corrected chi connectivity index (χ0v) is 20.1. The molecule has 0 unspecified atom stereocenters. The second-order valence-corrected chi connectivity index (χ2v) is 9.38. The molecule has 0 fully saturated rings. The topological polar surface area (TPSA) is 22.3 Å². The van der Waals surface area contributed by atoms with Crippen molar-refractivity contribution in [2.45, 2.75) is 33.1 Å². The number of benzene rings is 3. The van der Waals surface area contributed by atoms with Gasteiger partial charge in [-0.15, -0.1) is 0 Å². The van der Waals surface area contributed by atoms with Crippen LogP contribution in [0.3, 0.4) is 0 Å². The van der Waals surface area contributed by atoms with Crippen molar-refractivity contribution in [3.8, 4) is 33.9 Å². The molecule has 4 aromatic rings. The third-order valence-electron chi connectivity index (χ3n) is 6.34. The third kappa shape index (κ3) is 3.95. The average Bonchev–Trinajstić information content (AvgIpc) is 2.80. The molecule has 32 heavy (non-hydrogen) atoms. The zero-order valence-electron chi connectivity index (χ0n) is 20.1. The van der Waals surface area contributed by atoms with Crippen LogP contribution in [-0.4, -0.2) is 14.2 Å². The summed E-state index contributed by atoms with van der Waals surface area (Å²) in [5, 5.41) is 2.29. The van der Waals surface area contributed by atoms with Crippen LogP contribution in [0.5, 0.6) is 11.5 Å². The molecule has 0 radical (unpaired) electrons. The molecule has 0 aliphatic rings. The SMILES string of the molecule is COc1cc2cc(-c3cccc(-c4ccc(C(C)(C)C)cc4)c3)[n+](C)c(C)c2cc1OC. The zero-order chi connectivity index (χ0) is 23.0. The molecular formula is C29H32NO2+. The molecule has 0 N–H and O–H groups in total. The molecule has 3 nitrogen and oxygen atoms in total. The molecule has 164 valence electrons. The number of fused-ring (bicyclic) bond motifs is 1. The molecule has 3 heteroatoms. The van der Waals surface area contributed by atoms with Gasteiger partial charge in [0, 0.05) is 18.6 Å². The number of methoxy groups -OCH3 is 2. The number of pyridine rings is 1. The Bertz CT molecular complexity index is 1280. The maximum atomic E-state index is 5.54. The van der Waals surface area contributed by atoms with Crippen molar-refractivity contribution in [2.24, 2.45) is 7.05 Å². The summed E-state index contributed by atoms with van der Waals surface area (Å²) in [4.78, 5) is 0. The van der Waals surface area contributed by atoms with Gasteiger partial charge in [-0.3, -0.25) is 0 Å². The summed E-state index contributed by atoms with van der Waals surface area (Å²) in [7, 11) is 5.47. The summed E-state index contributed by atoms with van der Waals surface area (Å²) in [6.07, 6.45) is 0. The minimum absolute atomic E-state index is 0.153. The van der Waals surface area contributed by atoms with Gasteiger partial charge in [0.15, 0.2) is 17.2 Å². The van der Waals surface area contributed by atoms with Crippen molar-refractivity contribution in [3.05, 3.63) is 78.0 Å². The van der Waals surface area contributed by atoms with Gasteiger partial charge in [0.25, 0.3) is 0 Å². The molecule has 0 amide bonds. The number of aromatic nitrogens is 1. The van der Waals surface area contributed by atoms with Gasteiger partial charge in [0.05, 0.1) is 19.6 Å². The van der Waals surface area contributed by atoms with Crippen LogP contribution < -0.4 is 14.0 Å². The molecule has 0 aliphatic carbocycles. The van der Waals surface area contributed by atoms with Crippen LogP contribution >= 0.6 is 0 Å². The third-order valence-corrected chi connectivity index (χ3v) is 6.34. The maximum absolute atomic E-state index is 5.54. The smallest absolute Gasteiger partial charge is 0.213 e. The summed E-state index contributed by atoms with van der Waals surface area (Å²) in [5.74, 6) is 1.49. The molecule has 0 saturated heterocycles. The van der Waals surface area contributed by atoms with Crippen LogP contribution in [0.25, 0.3) is 33.2 Å². The molecule has 0 spiro atoms. The number of rotatable bonds is 4. The Morgan fingerprint density at radius 3 is 1.97 bits per heavy atom. The fraction of sp³-hybridized carbons (Fsp3) is 0.276. The summed E-state index contributed by atoms with van der Waals surface area (Å²) >= 11 is 0. The molecule has 3 aromatic carbocycles. The fourth-order valence-electron chi connectivity index (χ4n) is 4.23. The van der Waals surface area contributed by atoms with Gasteiger partial charge in [0.1, 0.15) is 7.05 Å². The van der Waals surface area contributed by atoms with Gasteiger partial charge in [-0.2, -0.15) is 4.57 Å². The van der Waals surface area contributed by atoms with Gasteiger partial charge in [-0.05, 0) is 51.8 Å². The van der Waals surface area contributed by atoms with E-state index in [4.69, 9.17) is 9.47 Å². The number of ether oxygens (including phenoxy) is 2. The average molecular weight is 427 g/mol. The van der Waals surface area contributed by atoms with Crippen LogP contribution in [0.4, 0.5) is 0 Å². The van der Waals surface area contributed by atoms with Crippen molar-refractivity contribution in [1.29, 1.82) is 0 Å². The molecule has 0 aliphatic heterocycles. The first-order valence-electron chi connectivity index (χ1n) is 11.0. The molecule has 0 bridgehead atoms. The molecule has 1 heterocycles. The number of nitrogens with zero attached hydrogens (tertiary/aromatic N) is 1. The minimum atomic E-state index is 0.153. The summed E-state index contributed by atoms with van der Waals surface area (Å²) in [6, 6.07) is 24.0. The van der Waals surface area contributed by atoms with E-state index in [-0.39, 0.29) is 5.41 Å². The Hall–Kier alpha value is -3.33. The largest absolute Gasteiger partial charge is 0.493 e. The molecule has 4 rings (SSSR count). The highest BCUT2D eigenvalue weighted by Gasteiger charge is 2.19. The monoisotopic (exact) mass is 426 g/mol. The van der Waals surface area contributed by atoms with Gasteiger partial charge in [-0.1, -0.05) is 57.2 Å². The van der Waals surface area contributed by atoms with E-state index < -0.39 is 0 Å². The first-order valence-corrected chi connectivity index (χ1v) is 11.0. The van der Waals surface area contributed by atoms with Crippen molar-refractivity contribution in [3.63, 3.8) is 0 Å². The van der Waals surface area contributed by atoms with Gasteiger partial charge in [0.2, 0.25) is 5.69 Å². The van der Waals surface area contributed by atoms with Crippen LogP contribution in [0.2, 0.25) is 0 Å². The quantitative estimate of drug-likeness (QED) is 0.342. The standard InChI is InChI=1S/C29H32NO2/c1-19-25-18-28(32-7)27(31-6)17-23(25)16-26(30(19)5)22-10-8-9-21(15-22)20-11-13-24(14-12-20)29(2,3)4/h8-18H,1-7H3/q+1. The van der Waals surface area contributed by atoms with Gasteiger partial charge >= 0.3 is 0 Å². The fourth-order valence-corrected chi connectivity index (χ4v) is 4.23. The second-order valence-electron chi connectivity index (χ2n) is 9.38. The lowest BCUT2D eigenvalue weighted by molar-refractivity contribution is -0.665. The number of hydrogen-bond acceptors (Lipinski definition) is 2. The lowest BCUT2D eigenvalue weighted by Gasteiger charge is -2.19. The van der Waals surface area contributed by atoms with Crippen LogP contribution in [0, 0.1) is 6.92 Å².